The van der Waals surface area contributed by atoms with Gasteiger partial charge in [0, 0.05) is 33.9 Å². The molecule has 0 bridgehead atoms. The summed E-state index contributed by atoms with van der Waals surface area (Å²) in [6, 6.07) is 0. The zero-order valence-corrected chi connectivity index (χ0v) is 15.7. The highest BCUT2D eigenvalue weighted by Gasteiger charge is 2.24. The highest BCUT2D eigenvalue weighted by molar-refractivity contribution is 14.0. The number of methoxy groups -OCH3 is 1. The second kappa shape index (κ2) is 9.78. The van der Waals surface area contributed by atoms with E-state index in [0.717, 1.165) is 38.5 Å². The Balaban J connectivity index is 0.00000361. The van der Waals surface area contributed by atoms with Crippen molar-refractivity contribution in [2.75, 3.05) is 33.9 Å². The molecule has 0 spiro atoms. The van der Waals surface area contributed by atoms with Crippen LogP contribution < -0.4 is 10.6 Å². The molecule has 2 N–H and O–H groups in total. The highest BCUT2D eigenvalue weighted by Crippen LogP contribution is 2.20. The lowest BCUT2D eigenvalue weighted by atomic mass is 9.89. The third-order valence-corrected chi connectivity index (χ3v) is 3.45. The van der Waals surface area contributed by atoms with Crippen molar-refractivity contribution in [2.45, 2.75) is 45.8 Å². The molecule has 0 aromatic rings. The molecule has 2 atom stereocenters. The molecule has 1 rings (SSSR count). The lowest BCUT2D eigenvalue weighted by Gasteiger charge is -2.30. The summed E-state index contributed by atoms with van der Waals surface area (Å²) < 4.78 is 11.1. The molecule has 0 amide bonds. The zero-order chi connectivity index (χ0) is 14.3. The molecule has 20 heavy (non-hydrogen) atoms. The van der Waals surface area contributed by atoms with Crippen molar-refractivity contribution in [1.82, 2.24) is 10.6 Å². The second-order valence-corrected chi connectivity index (χ2v) is 6.06. The van der Waals surface area contributed by atoms with Gasteiger partial charge in [0.25, 0.3) is 0 Å². The third kappa shape index (κ3) is 7.08. The van der Waals surface area contributed by atoms with Gasteiger partial charge in [0.1, 0.15) is 0 Å². The largest absolute Gasteiger partial charge is 0.379 e. The molecular formula is C14H30IN3O2. The zero-order valence-electron chi connectivity index (χ0n) is 13.4. The van der Waals surface area contributed by atoms with Gasteiger partial charge in [0.05, 0.1) is 12.2 Å². The molecule has 0 aliphatic carbocycles. The molecule has 1 saturated heterocycles. The summed E-state index contributed by atoms with van der Waals surface area (Å²) in [6.45, 7) is 8.95. The predicted octanol–water partition coefficient (Wildman–Crippen LogP) is 2.01. The average Bonchev–Trinajstić information content (AvgIpc) is 2.85. The number of hydrogen-bond acceptors (Lipinski definition) is 3. The van der Waals surface area contributed by atoms with Crippen molar-refractivity contribution in [3.8, 4) is 0 Å². The maximum Gasteiger partial charge on any atom is 0.191 e. The van der Waals surface area contributed by atoms with Crippen molar-refractivity contribution in [1.29, 1.82) is 0 Å². The fraction of sp³-hybridized carbons (Fsp3) is 0.929. The van der Waals surface area contributed by atoms with Crippen molar-refractivity contribution in [2.24, 2.45) is 10.4 Å². The first-order valence-corrected chi connectivity index (χ1v) is 7.06. The molecule has 120 valence electrons. The fourth-order valence-corrected chi connectivity index (χ4v) is 2.17. The van der Waals surface area contributed by atoms with Crippen molar-refractivity contribution in [3.63, 3.8) is 0 Å². The van der Waals surface area contributed by atoms with Crippen LogP contribution in [-0.2, 0) is 9.47 Å². The van der Waals surface area contributed by atoms with E-state index in [-0.39, 0.29) is 35.5 Å². The van der Waals surface area contributed by atoms with Crippen LogP contribution in [0.4, 0.5) is 0 Å². The summed E-state index contributed by atoms with van der Waals surface area (Å²) >= 11 is 0. The van der Waals surface area contributed by atoms with Gasteiger partial charge in [0.15, 0.2) is 5.96 Å². The molecule has 0 saturated carbocycles. The van der Waals surface area contributed by atoms with Crippen LogP contribution in [0, 0.1) is 5.41 Å². The number of hydrogen-bond donors (Lipinski definition) is 2. The van der Waals surface area contributed by atoms with Gasteiger partial charge in [0.2, 0.25) is 0 Å². The molecule has 0 radical (unpaired) electrons. The molecule has 1 fully saturated rings. The Morgan fingerprint density at radius 1 is 1.40 bits per heavy atom. The van der Waals surface area contributed by atoms with E-state index in [1.54, 1.807) is 14.2 Å². The Kier molecular flexibility index (Phi) is 9.74. The summed E-state index contributed by atoms with van der Waals surface area (Å²) in [4.78, 5) is 4.22. The van der Waals surface area contributed by atoms with Gasteiger partial charge >= 0.3 is 0 Å². The number of halogens is 1. The number of ether oxygens (including phenoxy) is 2. The van der Waals surface area contributed by atoms with Gasteiger partial charge in [-0.05, 0) is 18.3 Å². The summed E-state index contributed by atoms with van der Waals surface area (Å²) in [5.74, 6) is 0.807. The van der Waals surface area contributed by atoms with E-state index in [1.165, 1.54) is 0 Å². The number of nitrogens with one attached hydrogen (secondary N) is 2. The molecular weight excluding hydrogens is 369 g/mol. The number of guanidine groups is 1. The van der Waals surface area contributed by atoms with E-state index in [1.807, 2.05) is 0 Å². The van der Waals surface area contributed by atoms with E-state index >= 15 is 0 Å². The average molecular weight is 399 g/mol. The number of nitrogens with zero attached hydrogens (tertiary/aromatic N) is 1. The SMILES string of the molecule is CN=C(NCC1CCCO1)NCC(OC)C(C)(C)C.I. The molecule has 1 aliphatic heterocycles. The quantitative estimate of drug-likeness (QED) is 0.422. The second-order valence-electron chi connectivity index (χ2n) is 6.06. The minimum atomic E-state index is 0. The van der Waals surface area contributed by atoms with Gasteiger partial charge in [-0.1, -0.05) is 20.8 Å². The molecule has 6 heteroatoms. The van der Waals surface area contributed by atoms with Crippen LogP contribution in [0.2, 0.25) is 0 Å². The summed E-state index contributed by atoms with van der Waals surface area (Å²) in [5, 5.41) is 6.61. The van der Waals surface area contributed by atoms with Crippen LogP contribution in [0.5, 0.6) is 0 Å². The summed E-state index contributed by atoms with van der Waals surface area (Å²) in [7, 11) is 3.53. The molecule has 1 aliphatic rings. The van der Waals surface area contributed by atoms with Crippen LogP contribution in [0.3, 0.4) is 0 Å². The maximum atomic E-state index is 5.58. The molecule has 0 aromatic carbocycles. The van der Waals surface area contributed by atoms with E-state index in [2.05, 4.69) is 36.4 Å². The molecule has 5 nitrogen and oxygen atoms in total. The van der Waals surface area contributed by atoms with E-state index < -0.39 is 0 Å². The monoisotopic (exact) mass is 399 g/mol. The smallest absolute Gasteiger partial charge is 0.191 e. The summed E-state index contributed by atoms with van der Waals surface area (Å²) in [6.07, 6.45) is 2.76. The lowest BCUT2D eigenvalue weighted by molar-refractivity contribution is 0.0205. The molecule has 2 unspecified atom stereocenters. The Morgan fingerprint density at radius 3 is 2.55 bits per heavy atom. The number of rotatable bonds is 5. The van der Waals surface area contributed by atoms with Crippen molar-refractivity contribution < 1.29 is 9.47 Å². The minimum absolute atomic E-state index is 0. The Morgan fingerprint density at radius 2 is 2.10 bits per heavy atom. The fourth-order valence-electron chi connectivity index (χ4n) is 2.17. The van der Waals surface area contributed by atoms with Crippen LogP contribution in [0.15, 0.2) is 4.99 Å². The van der Waals surface area contributed by atoms with Gasteiger partial charge in [-0.3, -0.25) is 4.99 Å². The van der Waals surface area contributed by atoms with Crippen LogP contribution >= 0.6 is 24.0 Å². The standard InChI is InChI=1S/C14H29N3O2.HI/c1-14(2,3)12(18-5)10-17-13(15-4)16-9-11-7-6-8-19-11;/h11-12H,6-10H2,1-5H3,(H2,15,16,17);1H. The molecule has 1 heterocycles. The van der Waals surface area contributed by atoms with E-state index in [0.29, 0.717) is 6.10 Å². The summed E-state index contributed by atoms with van der Waals surface area (Å²) in [5.41, 5.74) is 0.106. The van der Waals surface area contributed by atoms with E-state index in [4.69, 9.17) is 9.47 Å². The normalized spacial score (nSPS) is 21.2. The molecule has 0 aromatic heterocycles. The van der Waals surface area contributed by atoms with Gasteiger partial charge in [-0.25, -0.2) is 0 Å². The van der Waals surface area contributed by atoms with Gasteiger partial charge in [-0.15, -0.1) is 24.0 Å². The van der Waals surface area contributed by atoms with Crippen LogP contribution in [0.25, 0.3) is 0 Å². The van der Waals surface area contributed by atoms with Gasteiger partial charge in [-0.2, -0.15) is 0 Å². The Hall–Kier alpha value is -0.0800. The van der Waals surface area contributed by atoms with Crippen molar-refractivity contribution in [3.05, 3.63) is 0 Å². The number of aliphatic imine (C=N–C) groups is 1. The van der Waals surface area contributed by atoms with Crippen LogP contribution in [0.1, 0.15) is 33.6 Å². The topological polar surface area (TPSA) is 54.9 Å². The first kappa shape index (κ1) is 19.9. The maximum absolute atomic E-state index is 5.58. The minimum Gasteiger partial charge on any atom is -0.379 e. The predicted molar refractivity (Wildman–Crippen MR) is 94.0 cm³/mol. The first-order chi connectivity index (χ1) is 8.97. The highest BCUT2D eigenvalue weighted by atomic mass is 127. The lowest BCUT2D eigenvalue weighted by Crippen LogP contribution is -2.46. The van der Waals surface area contributed by atoms with Crippen LogP contribution in [-0.4, -0.2) is 52.0 Å². The first-order valence-electron chi connectivity index (χ1n) is 7.06. The van der Waals surface area contributed by atoms with Crippen molar-refractivity contribution >= 4 is 29.9 Å². The van der Waals surface area contributed by atoms with Gasteiger partial charge < -0.3 is 20.1 Å². The Labute approximate surface area is 140 Å². The van der Waals surface area contributed by atoms with E-state index in [9.17, 15) is 0 Å². The third-order valence-electron chi connectivity index (χ3n) is 3.45. The Bertz CT molecular complexity index is 287.